The molecule has 0 heterocycles. The van der Waals surface area contributed by atoms with Crippen LogP contribution in [0.1, 0.15) is 16.8 Å². The minimum Gasteiger partial charge on any atom is -0.494 e. The lowest BCUT2D eigenvalue weighted by molar-refractivity contribution is 0.0639. The monoisotopic (exact) mass is 256 g/mol. The minimum atomic E-state index is -0.623. The molecule has 1 aromatic rings. The lowest BCUT2D eigenvalue weighted by Gasteiger charge is -2.07. The van der Waals surface area contributed by atoms with Crippen molar-refractivity contribution >= 4 is 5.78 Å². The summed E-state index contributed by atoms with van der Waals surface area (Å²) in [7, 11) is 2.93. The minimum absolute atomic E-state index is 0.0321. The number of methoxy groups -OCH3 is 2. The number of rotatable bonds is 8. The van der Waals surface area contributed by atoms with Crippen molar-refractivity contribution in [1.82, 2.24) is 0 Å². The molecule has 0 aliphatic carbocycles. The van der Waals surface area contributed by atoms with E-state index in [1.165, 1.54) is 19.2 Å². The van der Waals surface area contributed by atoms with Crippen LogP contribution in [0.3, 0.4) is 0 Å². The Morgan fingerprint density at radius 3 is 2.67 bits per heavy atom. The van der Waals surface area contributed by atoms with E-state index in [1.807, 2.05) is 0 Å². The first-order chi connectivity index (χ1) is 8.70. The number of hydrogen-bond acceptors (Lipinski definition) is 4. The van der Waals surface area contributed by atoms with Crippen molar-refractivity contribution < 1.29 is 23.4 Å². The zero-order valence-electron chi connectivity index (χ0n) is 10.6. The number of ketones is 1. The van der Waals surface area contributed by atoms with Crippen molar-refractivity contribution in [2.24, 2.45) is 0 Å². The van der Waals surface area contributed by atoms with E-state index in [9.17, 15) is 9.18 Å². The molecular weight excluding hydrogens is 239 g/mol. The summed E-state index contributed by atoms with van der Waals surface area (Å²) in [6.07, 6.45) is 0.133. The van der Waals surface area contributed by atoms with Crippen LogP contribution in [0, 0.1) is 5.82 Å². The zero-order chi connectivity index (χ0) is 13.4. The van der Waals surface area contributed by atoms with Crippen LogP contribution >= 0.6 is 0 Å². The number of benzene rings is 1. The molecule has 0 saturated carbocycles. The highest BCUT2D eigenvalue weighted by molar-refractivity contribution is 5.96. The Labute approximate surface area is 106 Å². The smallest absolute Gasteiger partial charge is 0.175 e. The van der Waals surface area contributed by atoms with E-state index >= 15 is 0 Å². The first kappa shape index (κ1) is 14.6. The number of ether oxygens (including phenoxy) is 3. The lowest BCUT2D eigenvalue weighted by atomic mass is 10.1. The van der Waals surface area contributed by atoms with Crippen molar-refractivity contribution in [3.63, 3.8) is 0 Å². The van der Waals surface area contributed by atoms with Gasteiger partial charge in [0.1, 0.15) is 0 Å². The molecule has 0 aromatic heterocycles. The molecule has 4 nitrogen and oxygen atoms in total. The van der Waals surface area contributed by atoms with Crippen molar-refractivity contribution in [2.75, 3.05) is 34.0 Å². The molecule has 5 heteroatoms. The standard InChI is InChI=1S/C13H17FO4/c1-16-8-9-18-7-6-11(15)10-4-3-5-12(17-2)13(10)14/h3-5H,6-9H2,1-2H3. The van der Waals surface area contributed by atoms with Gasteiger partial charge in [0.2, 0.25) is 0 Å². The van der Waals surface area contributed by atoms with Gasteiger partial charge < -0.3 is 14.2 Å². The maximum Gasteiger partial charge on any atom is 0.175 e. The lowest BCUT2D eigenvalue weighted by Crippen LogP contribution is -2.09. The van der Waals surface area contributed by atoms with Crippen LogP contribution in [0.2, 0.25) is 0 Å². The third-order valence-electron chi connectivity index (χ3n) is 2.39. The number of hydrogen-bond donors (Lipinski definition) is 0. The molecule has 0 aliphatic heterocycles. The summed E-state index contributed by atoms with van der Waals surface area (Å²) in [6, 6.07) is 4.50. The number of carbonyl (C=O) groups excluding carboxylic acids is 1. The van der Waals surface area contributed by atoms with Crippen LogP contribution in [0.15, 0.2) is 18.2 Å². The molecule has 1 rings (SSSR count). The molecule has 18 heavy (non-hydrogen) atoms. The van der Waals surface area contributed by atoms with E-state index < -0.39 is 5.82 Å². The van der Waals surface area contributed by atoms with E-state index in [1.54, 1.807) is 13.2 Å². The van der Waals surface area contributed by atoms with Crippen molar-refractivity contribution in [1.29, 1.82) is 0 Å². The quantitative estimate of drug-likeness (QED) is 0.527. The van der Waals surface area contributed by atoms with Crippen LogP contribution in [0.5, 0.6) is 5.75 Å². The molecule has 0 radical (unpaired) electrons. The predicted molar refractivity (Wildman–Crippen MR) is 64.6 cm³/mol. The fourth-order valence-corrected chi connectivity index (χ4v) is 1.43. The summed E-state index contributed by atoms with van der Waals surface area (Å²) < 4.78 is 28.5. The fourth-order valence-electron chi connectivity index (χ4n) is 1.43. The summed E-state index contributed by atoms with van der Waals surface area (Å²) in [5.41, 5.74) is 0.0321. The van der Waals surface area contributed by atoms with Crippen LogP contribution < -0.4 is 4.74 Å². The van der Waals surface area contributed by atoms with Gasteiger partial charge in [-0.15, -0.1) is 0 Å². The van der Waals surface area contributed by atoms with E-state index in [-0.39, 0.29) is 30.1 Å². The van der Waals surface area contributed by atoms with Gasteiger partial charge in [-0.2, -0.15) is 0 Å². The van der Waals surface area contributed by atoms with Crippen LogP contribution in [0.25, 0.3) is 0 Å². The SMILES string of the molecule is COCCOCCC(=O)c1cccc(OC)c1F. The fraction of sp³-hybridized carbons (Fsp3) is 0.462. The highest BCUT2D eigenvalue weighted by atomic mass is 19.1. The molecule has 0 saturated heterocycles. The number of carbonyl (C=O) groups is 1. The van der Waals surface area contributed by atoms with Crippen molar-refractivity contribution in [2.45, 2.75) is 6.42 Å². The Bertz CT molecular complexity index is 393. The summed E-state index contributed by atoms with van der Waals surface area (Å²) in [6.45, 7) is 1.14. The van der Waals surface area contributed by atoms with Gasteiger partial charge in [-0.05, 0) is 12.1 Å². The van der Waals surface area contributed by atoms with Gasteiger partial charge in [0.25, 0.3) is 0 Å². The Balaban J connectivity index is 2.51. The molecule has 0 unspecified atom stereocenters. The highest BCUT2D eigenvalue weighted by Crippen LogP contribution is 2.20. The summed E-state index contributed by atoms with van der Waals surface area (Å²) in [5.74, 6) is -0.855. The third-order valence-corrected chi connectivity index (χ3v) is 2.39. The second-order valence-electron chi connectivity index (χ2n) is 3.60. The maximum absolute atomic E-state index is 13.7. The first-order valence-electron chi connectivity index (χ1n) is 5.63. The second kappa shape index (κ2) is 7.79. The Kier molecular flexibility index (Phi) is 6.32. The molecule has 0 N–H and O–H groups in total. The number of Topliss-reactive ketones (excluding diaryl/α,β-unsaturated/α-hetero) is 1. The molecule has 0 bridgehead atoms. The predicted octanol–water partition coefficient (Wildman–Crippen LogP) is 2.07. The number of halogens is 1. The molecule has 0 amide bonds. The van der Waals surface area contributed by atoms with Gasteiger partial charge in [0, 0.05) is 13.5 Å². The average Bonchev–Trinajstić information content (AvgIpc) is 2.38. The summed E-state index contributed by atoms with van der Waals surface area (Å²) in [5, 5.41) is 0. The highest BCUT2D eigenvalue weighted by Gasteiger charge is 2.14. The van der Waals surface area contributed by atoms with E-state index in [0.717, 1.165) is 0 Å². The van der Waals surface area contributed by atoms with Crippen molar-refractivity contribution in [3.8, 4) is 5.75 Å². The molecular formula is C13H17FO4. The molecule has 1 aromatic carbocycles. The Morgan fingerprint density at radius 1 is 1.22 bits per heavy atom. The maximum atomic E-state index is 13.7. The Morgan fingerprint density at radius 2 is 2.00 bits per heavy atom. The van der Waals surface area contributed by atoms with Gasteiger partial charge in [-0.3, -0.25) is 4.79 Å². The molecule has 100 valence electrons. The average molecular weight is 256 g/mol. The summed E-state index contributed by atoms with van der Waals surface area (Å²) in [4.78, 5) is 11.8. The van der Waals surface area contributed by atoms with Gasteiger partial charge in [-0.25, -0.2) is 4.39 Å². The van der Waals surface area contributed by atoms with Gasteiger partial charge in [-0.1, -0.05) is 6.07 Å². The topological polar surface area (TPSA) is 44.8 Å². The van der Waals surface area contributed by atoms with Crippen LogP contribution in [0.4, 0.5) is 4.39 Å². The normalized spacial score (nSPS) is 10.4. The van der Waals surface area contributed by atoms with E-state index in [4.69, 9.17) is 14.2 Å². The molecule has 0 fully saturated rings. The van der Waals surface area contributed by atoms with Gasteiger partial charge in [0.15, 0.2) is 17.3 Å². The largest absolute Gasteiger partial charge is 0.494 e. The molecule has 0 aliphatic rings. The molecule has 0 spiro atoms. The summed E-state index contributed by atoms with van der Waals surface area (Å²) >= 11 is 0. The van der Waals surface area contributed by atoms with E-state index in [0.29, 0.717) is 13.2 Å². The zero-order valence-corrected chi connectivity index (χ0v) is 10.6. The Hall–Kier alpha value is -1.46. The van der Waals surface area contributed by atoms with Gasteiger partial charge in [0.05, 0.1) is 32.5 Å². The van der Waals surface area contributed by atoms with E-state index in [2.05, 4.69) is 0 Å². The first-order valence-corrected chi connectivity index (χ1v) is 5.63. The second-order valence-corrected chi connectivity index (χ2v) is 3.60. The van der Waals surface area contributed by atoms with Crippen LogP contribution in [-0.2, 0) is 9.47 Å². The third kappa shape index (κ3) is 4.09. The van der Waals surface area contributed by atoms with Crippen molar-refractivity contribution in [3.05, 3.63) is 29.6 Å². The molecule has 0 atom stereocenters. The van der Waals surface area contributed by atoms with Gasteiger partial charge >= 0.3 is 0 Å². The van der Waals surface area contributed by atoms with Crippen LogP contribution in [-0.4, -0.2) is 39.8 Å².